The van der Waals surface area contributed by atoms with Gasteiger partial charge in [-0.2, -0.15) is 0 Å². The second-order valence-corrected chi connectivity index (χ2v) is 7.37. The zero-order valence-corrected chi connectivity index (χ0v) is 14.4. The van der Waals surface area contributed by atoms with Crippen LogP contribution in [0.3, 0.4) is 0 Å². The van der Waals surface area contributed by atoms with Gasteiger partial charge in [0.15, 0.2) is 0 Å². The summed E-state index contributed by atoms with van der Waals surface area (Å²) in [6.45, 7) is 3.80. The Balaban J connectivity index is 2.48. The summed E-state index contributed by atoms with van der Waals surface area (Å²) in [6, 6.07) is 5.19. The van der Waals surface area contributed by atoms with Gasteiger partial charge >= 0.3 is 0 Å². The Hall–Kier alpha value is -0.470. The maximum absolute atomic E-state index is 12.2. The summed E-state index contributed by atoms with van der Waals surface area (Å²) >= 11 is 3.28. The Morgan fingerprint density at radius 2 is 2.00 bits per heavy atom. The fourth-order valence-electron chi connectivity index (χ4n) is 1.54. The van der Waals surface area contributed by atoms with Gasteiger partial charge in [-0.15, -0.1) is 0 Å². The lowest BCUT2D eigenvalue weighted by molar-refractivity contribution is 0.122. The van der Waals surface area contributed by atoms with Crippen LogP contribution in [-0.4, -0.2) is 53.7 Å². The molecule has 0 aromatic heterocycles. The lowest BCUT2D eigenvalue weighted by Crippen LogP contribution is -2.29. The van der Waals surface area contributed by atoms with Crippen molar-refractivity contribution in [3.05, 3.63) is 28.2 Å². The summed E-state index contributed by atoms with van der Waals surface area (Å²) in [6.07, 6.45) is 0. The van der Waals surface area contributed by atoms with Gasteiger partial charge in [0, 0.05) is 17.6 Å². The quantitative estimate of drug-likeness (QED) is 0.712. The zero-order valence-electron chi connectivity index (χ0n) is 12.0. The van der Waals surface area contributed by atoms with Gasteiger partial charge in [-0.3, -0.25) is 0 Å². The van der Waals surface area contributed by atoms with Crippen molar-refractivity contribution >= 4 is 26.0 Å². The average molecular weight is 365 g/mol. The van der Waals surface area contributed by atoms with Crippen LogP contribution in [0.5, 0.6) is 0 Å². The number of nitrogens with one attached hydrogen (secondary N) is 1. The SMILES string of the molecule is Cc1ccc(Br)cc1S(=O)(=O)NCCOCCN(C)C. The Kier molecular flexibility index (Phi) is 7.11. The van der Waals surface area contributed by atoms with Gasteiger partial charge in [0.05, 0.1) is 18.1 Å². The van der Waals surface area contributed by atoms with E-state index in [1.807, 2.05) is 25.1 Å². The second-order valence-electron chi connectivity index (χ2n) is 4.72. The first-order valence-electron chi connectivity index (χ1n) is 6.31. The second kappa shape index (κ2) is 8.09. The molecule has 0 radical (unpaired) electrons. The van der Waals surface area contributed by atoms with Gasteiger partial charge in [-0.25, -0.2) is 13.1 Å². The van der Waals surface area contributed by atoms with Crippen molar-refractivity contribution in [1.82, 2.24) is 9.62 Å². The first-order chi connectivity index (χ1) is 9.33. The first kappa shape index (κ1) is 17.6. The highest BCUT2D eigenvalue weighted by Gasteiger charge is 2.16. The maximum Gasteiger partial charge on any atom is 0.240 e. The van der Waals surface area contributed by atoms with Gasteiger partial charge in [-0.1, -0.05) is 22.0 Å². The van der Waals surface area contributed by atoms with E-state index in [0.29, 0.717) is 23.7 Å². The van der Waals surface area contributed by atoms with Gasteiger partial charge in [-0.05, 0) is 38.7 Å². The van der Waals surface area contributed by atoms with E-state index < -0.39 is 10.0 Å². The molecule has 0 aliphatic heterocycles. The third kappa shape index (κ3) is 5.88. The highest BCUT2D eigenvalue weighted by atomic mass is 79.9. The molecule has 1 N–H and O–H groups in total. The van der Waals surface area contributed by atoms with E-state index in [1.165, 1.54) is 0 Å². The number of halogens is 1. The van der Waals surface area contributed by atoms with Crippen LogP contribution in [0.4, 0.5) is 0 Å². The van der Waals surface area contributed by atoms with Crippen molar-refractivity contribution in [2.75, 3.05) is 40.4 Å². The van der Waals surface area contributed by atoms with Crippen molar-refractivity contribution in [2.45, 2.75) is 11.8 Å². The van der Waals surface area contributed by atoms with Crippen molar-refractivity contribution in [1.29, 1.82) is 0 Å². The van der Waals surface area contributed by atoms with Crippen LogP contribution in [-0.2, 0) is 14.8 Å². The standard InChI is InChI=1S/C13H21BrN2O3S/c1-11-4-5-12(14)10-13(11)20(17,18)15-6-8-19-9-7-16(2)3/h4-5,10,15H,6-9H2,1-3H3. The topological polar surface area (TPSA) is 58.6 Å². The van der Waals surface area contributed by atoms with Crippen LogP contribution in [0.15, 0.2) is 27.6 Å². The molecule has 0 amide bonds. The highest BCUT2D eigenvalue weighted by molar-refractivity contribution is 9.10. The van der Waals surface area contributed by atoms with E-state index in [4.69, 9.17) is 4.74 Å². The number of hydrogen-bond donors (Lipinski definition) is 1. The number of ether oxygens (including phenoxy) is 1. The van der Waals surface area contributed by atoms with Gasteiger partial charge in [0.2, 0.25) is 10.0 Å². The van der Waals surface area contributed by atoms with E-state index in [1.54, 1.807) is 19.1 Å². The predicted octanol–water partition coefficient (Wildman–Crippen LogP) is 1.61. The minimum absolute atomic E-state index is 0.266. The van der Waals surface area contributed by atoms with Crippen LogP contribution >= 0.6 is 15.9 Å². The average Bonchev–Trinajstić information content (AvgIpc) is 2.36. The molecule has 1 aromatic carbocycles. The molecule has 0 aliphatic carbocycles. The third-order valence-corrected chi connectivity index (χ3v) is 4.76. The molecule has 7 heteroatoms. The van der Waals surface area contributed by atoms with Gasteiger partial charge in [0.25, 0.3) is 0 Å². The van der Waals surface area contributed by atoms with Crippen molar-refractivity contribution in [3.63, 3.8) is 0 Å². The molecule has 20 heavy (non-hydrogen) atoms. The molecule has 1 aromatic rings. The number of hydrogen-bond acceptors (Lipinski definition) is 4. The molecule has 0 aliphatic rings. The van der Waals surface area contributed by atoms with Crippen LogP contribution in [0.1, 0.15) is 5.56 Å². The van der Waals surface area contributed by atoms with E-state index in [-0.39, 0.29) is 6.54 Å². The molecule has 0 atom stereocenters. The predicted molar refractivity (Wildman–Crippen MR) is 83.4 cm³/mol. The van der Waals surface area contributed by atoms with E-state index in [9.17, 15) is 8.42 Å². The fourth-order valence-corrected chi connectivity index (χ4v) is 3.33. The van der Waals surface area contributed by atoms with Crippen molar-refractivity contribution < 1.29 is 13.2 Å². The van der Waals surface area contributed by atoms with Gasteiger partial charge in [0.1, 0.15) is 0 Å². The number of likely N-dealkylation sites (N-methyl/N-ethyl adjacent to an activating group) is 1. The highest BCUT2D eigenvalue weighted by Crippen LogP contribution is 2.20. The van der Waals surface area contributed by atoms with Crippen LogP contribution in [0, 0.1) is 6.92 Å². The first-order valence-corrected chi connectivity index (χ1v) is 8.59. The Morgan fingerprint density at radius 3 is 2.65 bits per heavy atom. The van der Waals surface area contributed by atoms with E-state index >= 15 is 0 Å². The van der Waals surface area contributed by atoms with Crippen LogP contribution in [0.2, 0.25) is 0 Å². The van der Waals surface area contributed by atoms with Gasteiger partial charge < -0.3 is 9.64 Å². The number of aryl methyl sites for hydroxylation is 1. The summed E-state index contributed by atoms with van der Waals surface area (Å²) in [5, 5.41) is 0. The maximum atomic E-state index is 12.2. The Bertz CT molecular complexity index is 532. The zero-order chi connectivity index (χ0) is 15.2. The number of sulfonamides is 1. The van der Waals surface area contributed by atoms with E-state index in [2.05, 4.69) is 20.7 Å². The molecule has 0 unspecified atom stereocenters. The number of nitrogens with zero attached hydrogens (tertiary/aromatic N) is 1. The molecule has 0 fully saturated rings. The third-order valence-electron chi connectivity index (χ3n) is 2.66. The lowest BCUT2D eigenvalue weighted by atomic mass is 10.2. The summed E-state index contributed by atoms with van der Waals surface area (Å²) < 4.78 is 32.9. The van der Waals surface area contributed by atoms with E-state index in [0.717, 1.165) is 11.0 Å². The van der Waals surface area contributed by atoms with Crippen molar-refractivity contribution in [2.24, 2.45) is 0 Å². The molecule has 0 saturated heterocycles. The lowest BCUT2D eigenvalue weighted by Gasteiger charge is -2.11. The molecule has 114 valence electrons. The molecule has 5 nitrogen and oxygen atoms in total. The normalized spacial score (nSPS) is 12.1. The smallest absolute Gasteiger partial charge is 0.240 e. The number of benzene rings is 1. The van der Waals surface area contributed by atoms with Crippen molar-refractivity contribution in [3.8, 4) is 0 Å². The molecular weight excluding hydrogens is 344 g/mol. The minimum Gasteiger partial charge on any atom is -0.379 e. The Labute approximate surface area is 129 Å². The molecule has 0 heterocycles. The molecule has 0 saturated carbocycles. The summed E-state index contributed by atoms with van der Waals surface area (Å²) in [5.41, 5.74) is 0.717. The molecule has 1 rings (SSSR count). The number of rotatable bonds is 8. The Morgan fingerprint density at radius 1 is 1.30 bits per heavy atom. The minimum atomic E-state index is -3.49. The molecular formula is C13H21BrN2O3S. The van der Waals surface area contributed by atoms with Crippen LogP contribution in [0.25, 0.3) is 0 Å². The summed E-state index contributed by atoms with van der Waals surface area (Å²) in [4.78, 5) is 2.30. The van der Waals surface area contributed by atoms with Crippen LogP contribution < -0.4 is 4.72 Å². The summed E-state index contributed by atoms with van der Waals surface area (Å²) in [7, 11) is 0.433. The fraction of sp³-hybridized carbons (Fsp3) is 0.538. The largest absolute Gasteiger partial charge is 0.379 e. The molecule has 0 spiro atoms. The molecule has 0 bridgehead atoms. The summed E-state index contributed by atoms with van der Waals surface area (Å²) in [5.74, 6) is 0. The monoisotopic (exact) mass is 364 g/mol.